The average Bonchev–Trinajstić information content (AvgIpc) is 2.60. The highest BCUT2D eigenvalue weighted by Gasteiger charge is 2.27. The van der Waals surface area contributed by atoms with Crippen LogP contribution in [-0.2, 0) is 4.74 Å². The number of hydrogen-bond donors (Lipinski definition) is 1. The third kappa shape index (κ3) is 3.74. The lowest BCUT2D eigenvalue weighted by Gasteiger charge is -2.32. The van der Waals surface area contributed by atoms with Crippen LogP contribution >= 0.6 is 0 Å². The van der Waals surface area contributed by atoms with E-state index >= 15 is 0 Å². The van der Waals surface area contributed by atoms with Gasteiger partial charge in [0.25, 0.3) is 0 Å². The van der Waals surface area contributed by atoms with E-state index in [1.807, 2.05) is 0 Å². The van der Waals surface area contributed by atoms with Gasteiger partial charge in [0, 0.05) is 25.2 Å². The van der Waals surface area contributed by atoms with Crippen molar-refractivity contribution in [3.63, 3.8) is 0 Å². The molecule has 0 aliphatic carbocycles. The van der Waals surface area contributed by atoms with Crippen LogP contribution in [-0.4, -0.2) is 42.3 Å². The zero-order valence-corrected chi connectivity index (χ0v) is 10.6. The van der Waals surface area contributed by atoms with Crippen LogP contribution in [0.4, 0.5) is 0 Å². The van der Waals surface area contributed by atoms with Gasteiger partial charge < -0.3 is 10.5 Å². The molecule has 0 bridgehead atoms. The minimum atomic E-state index is 0.302. The van der Waals surface area contributed by atoms with Crippen LogP contribution in [0.1, 0.15) is 40.5 Å². The van der Waals surface area contributed by atoms with Gasteiger partial charge >= 0.3 is 0 Å². The molecule has 0 spiro atoms. The van der Waals surface area contributed by atoms with Crippen LogP contribution < -0.4 is 5.73 Å². The van der Waals surface area contributed by atoms with Crippen LogP contribution in [0.2, 0.25) is 0 Å². The van der Waals surface area contributed by atoms with Crippen LogP contribution in [0.15, 0.2) is 0 Å². The van der Waals surface area contributed by atoms with Crippen LogP contribution in [0.3, 0.4) is 0 Å². The highest BCUT2D eigenvalue weighted by Crippen LogP contribution is 2.21. The molecule has 1 rings (SSSR count). The first-order valence-corrected chi connectivity index (χ1v) is 6.15. The summed E-state index contributed by atoms with van der Waals surface area (Å²) in [5.41, 5.74) is 5.61. The molecule has 15 heavy (non-hydrogen) atoms. The molecule has 0 unspecified atom stereocenters. The van der Waals surface area contributed by atoms with E-state index in [4.69, 9.17) is 10.5 Å². The maximum absolute atomic E-state index is 5.87. The van der Waals surface area contributed by atoms with E-state index in [1.165, 1.54) is 0 Å². The molecule has 0 saturated carbocycles. The van der Waals surface area contributed by atoms with Gasteiger partial charge in [-0.3, -0.25) is 4.90 Å². The monoisotopic (exact) mass is 214 g/mol. The average molecular weight is 214 g/mol. The van der Waals surface area contributed by atoms with Crippen molar-refractivity contribution in [1.29, 1.82) is 0 Å². The molecule has 90 valence electrons. The van der Waals surface area contributed by atoms with E-state index in [0.29, 0.717) is 30.8 Å². The van der Waals surface area contributed by atoms with Crippen LogP contribution in [0.25, 0.3) is 0 Å². The first-order valence-electron chi connectivity index (χ1n) is 6.15. The van der Waals surface area contributed by atoms with E-state index in [-0.39, 0.29) is 0 Å². The topological polar surface area (TPSA) is 38.5 Å². The van der Waals surface area contributed by atoms with Gasteiger partial charge in [-0.15, -0.1) is 0 Å². The van der Waals surface area contributed by atoms with Crippen LogP contribution in [0, 0.1) is 0 Å². The summed E-state index contributed by atoms with van der Waals surface area (Å²) >= 11 is 0. The molecule has 1 saturated heterocycles. The van der Waals surface area contributed by atoms with Crippen molar-refractivity contribution in [1.82, 2.24) is 4.90 Å². The van der Waals surface area contributed by atoms with Crippen molar-refractivity contribution in [3.05, 3.63) is 0 Å². The molecule has 0 aromatic rings. The van der Waals surface area contributed by atoms with Crippen molar-refractivity contribution in [3.8, 4) is 0 Å². The number of rotatable bonds is 5. The molecule has 2 N–H and O–H groups in total. The second-order valence-electron chi connectivity index (χ2n) is 5.08. The summed E-state index contributed by atoms with van der Waals surface area (Å²) in [6.07, 6.45) is 2.99. The predicted molar refractivity (Wildman–Crippen MR) is 63.9 cm³/mol. The largest absolute Gasteiger partial charge is 0.372 e. The van der Waals surface area contributed by atoms with Gasteiger partial charge in [0.1, 0.15) is 0 Å². The highest BCUT2D eigenvalue weighted by atomic mass is 16.5. The summed E-state index contributed by atoms with van der Waals surface area (Å²) < 4.78 is 5.87. The van der Waals surface area contributed by atoms with E-state index in [2.05, 4.69) is 32.6 Å². The van der Waals surface area contributed by atoms with Gasteiger partial charge in [0.15, 0.2) is 0 Å². The van der Waals surface area contributed by atoms with E-state index in [1.54, 1.807) is 0 Å². The van der Waals surface area contributed by atoms with E-state index in [9.17, 15) is 0 Å². The maximum atomic E-state index is 5.87. The Morgan fingerprint density at radius 3 is 2.07 bits per heavy atom. The normalized spacial score (nSPS) is 27.2. The fourth-order valence-electron chi connectivity index (χ4n) is 2.34. The molecule has 3 heteroatoms. The molecule has 0 aromatic carbocycles. The second-order valence-corrected chi connectivity index (χ2v) is 5.08. The fourth-order valence-corrected chi connectivity index (χ4v) is 2.34. The minimum absolute atomic E-state index is 0.302. The first-order chi connectivity index (χ1) is 7.04. The SMILES string of the molecule is CC(C)N(C[C@@H]1CC[C@H](CN)O1)C(C)C. The zero-order valence-electron chi connectivity index (χ0n) is 10.6. The Hall–Kier alpha value is -0.120. The van der Waals surface area contributed by atoms with Gasteiger partial charge in [-0.2, -0.15) is 0 Å². The number of nitrogens with zero attached hydrogens (tertiary/aromatic N) is 1. The molecule has 1 heterocycles. The van der Waals surface area contributed by atoms with Gasteiger partial charge in [0.2, 0.25) is 0 Å². The highest BCUT2D eigenvalue weighted by molar-refractivity contribution is 4.79. The molecule has 2 atom stereocenters. The summed E-state index contributed by atoms with van der Waals surface area (Å²) in [5, 5.41) is 0. The van der Waals surface area contributed by atoms with Crippen molar-refractivity contribution < 1.29 is 4.74 Å². The Kier molecular flexibility index (Phi) is 5.03. The fraction of sp³-hybridized carbons (Fsp3) is 1.00. The van der Waals surface area contributed by atoms with Gasteiger partial charge in [-0.05, 0) is 40.5 Å². The summed E-state index contributed by atoms with van der Waals surface area (Å²) in [5.74, 6) is 0. The molecule has 0 amide bonds. The van der Waals surface area contributed by atoms with Gasteiger partial charge in [-0.1, -0.05) is 0 Å². The number of ether oxygens (including phenoxy) is 1. The Balaban J connectivity index is 2.39. The molecular formula is C12H26N2O. The predicted octanol–water partition coefficient (Wildman–Crippen LogP) is 1.61. The summed E-state index contributed by atoms with van der Waals surface area (Å²) in [7, 11) is 0. The van der Waals surface area contributed by atoms with Gasteiger partial charge in [0.05, 0.1) is 12.2 Å². The molecule has 1 aliphatic rings. The summed E-state index contributed by atoms with van der Waals surface area (Å²) in [6.45, 7) is 10.7. The molecule has 1 fully saturated rings. The zero-order chi connectivity index (χ0) is 11.4. The molecule has 0 radical (unpaired) electrons. The lowest BCUT2D eigenvalue weighted by atomic mass is 10.1. The Morgan fingerprint density at radius 1 is 1.13 bits per heavy atom. The van der Waals surface area contributed by atoms with E-state index in [0.717, 1.165) is 19.4 Å². The van der Waals surface area contributed by atoms with Crippen molar-refractivity contribution >= 4 is 0 Å². The summed E-state index contributed by atoms with van der Waals surface area (Å²) in [6, 6.07) is 1.18. The molecule has 1 aliphatic heterocycles. The Morgan fingerprint density at radius 2 is 1.67 bits per heavy atom. The minimum Gasteiger partial charge on any atom is -0.372 e. The lowest BCUT2D eigenvalue weighted by molar-refractivity contribution is 0.0127. The van der Waals surface area contributed by atoms with Crippen LogP contribution in [0.5, 0.6) is 0 Å². The lowest BCUT2D eigenvalue weighted by Crippen LogP contribution is -2.42. The maximum Gasteiger partial charge on any atom is 0.0707 e. The van der Waals surface area contributed by atoms with Gasteiger partial charge in [-0.25, -0.2) is 0 Å². The Labute approximate surface area is 94.0 Å². The third-order valence-electron chi connectivity index (χ3n) is 3.20. The Bertz CT molecular complexity index is 174. The van der Waals surface area contributed by atoms with Crippen molar-refractivity contribution in [2.24, 2.45) is 5.73 Å². The van der Waals surface area contributed by atoms with Crippen molar-refractivity contribution in [2.45, 2.75) is 64.8 Å². The quantitative estimate of drug-likeness (QED) is 0.755. The standard InChI is InChI=1S/C12H26N2O/c1-9(2)14(10(3)4)8-12-6-5-11(7-13)15-12/h9-12H,5-8,13H2,1-4H3/t11-,12+/m1/s1. The van der Waals surface area contributed by atoms with Crippen molar-refractivity contribution in [2.75, 3.05) is 13.1 Å². The van der Waals surface area contributed by atoms with E-state index < -0.39 is 0 Å². The second kappa shape index (κ2) is 5.83. The molecule has 3 nitrogen and oxygen atoms in total. The molecule has 0 aromatic heterocycles. The smallest absolute Gasteiger partial charge is 0.0707 e. The first kappa shape index (κ1) is 12.9. The molecular weight excluding hydrogens is 188 g/mol. The number of nitrogens with two attached hydrogens (primary N) is 1. The number of hydrogen-bond acceptors (Lipinski definition) is 3. The third-order valence-corrected chi connectivity index (χ3v) is 3.20. The summed E-state index contributed by atoms with van der Waals surface area (Å²) in [4.78, 5) is 2.49.